The molecular weight excluding hydrogens is 378 g/mol. The van der Waals surface area contributed by atoms with E-state index in [1.165, 1.54) is 17.3 Å². The molecule has 0 saturated carbocycles. The highest BCUT2D eigenvalue weighted by atomic mass is 35.5. The summed E-state index contributed by atoms with van der Waals surface area (Å²) in [5, 5.41) is 9.82. The smallest absolute Gasteiger partial charge is 0.242 e. The molecule has 6 heteroatoms. The minimum absolute atomic E-state index is 0.0801. The van der Waals surface area contributed by atoms with Crippen LogP contribution in [0.25, 0.3) is 0 Å². The molecule has 1 aliphatic heterocycles. The van der Waals surface area contributed by atoms with Gasteiger partial charge in [0.15, 0.2) is 5.17 Å². The van der Waals surface area contributed by atoms with Gasteiger partial charge in [0, 0.05) is 5.02 Å². The predicted molar refractivity (Wildman–Crippen MR) is 114 cm³/mol. The van der Waals surface area contributed by atoms with Crippen LogP contribution in [0.4, 0.5) is 0 Å². The molecule has 0 unspecified atom stereocenters. The van der Waals surface area contributed by atoms with E-state index in [1.54, 1.807) is 11.1 Å². The van der Waals surface area contributed by atoms with Crippen molar-refractivity contribution in [3.05, 3.63) is 70.2 Å². The zero-order chi connectivity index (χ0) is 19.2. The lowest BCUT2D eigenvalue weighted by Gasteiger charge is -2.17. The first-order chi connectivity index (χ1) is 13.1. The molecule has 0 spiro atoms. The number of nitrogens with zero attached hydrogens (tertiary/aromatic N) is 3. The quantitative estimate of drug-likeness (QED) is 0.489. The largest absolute Gasteiger partial charge is 0.284 e. The molecule has 1 fully saturated rings. The van der Waals surface area contributed by atoms with E-state index in [1.807, 2.05) is 36.4 Å². The summed E-state index contributed by atoms with van der Waals surface area (Å²) in [5.41, 5.74) is 3.20. The molecule has 140 valence electrons. The van der Waals surface area contributed by atoms with Crippen molar-refractivity contribution < 1.29 is 4.79 Å². The zero-order valence-electron chi connectivity index (χ0n) is 15.4. The molecule has 0 radical (unpaired) electrons. The SMILES string of the molecule is CCC[C@H]1S/C(=N/N=C\c2ccc(Cl)cc2)N(Cc2ccccc2C)C1=O. The Balaban J connectivity index is 1.82. The highest BCUT2D eigenvalue weighted by Crippen LogP contribution is 2.32. The normalized spacial score (nSPS) is 18.8. The van der Waals surface area contributed by atoms with Crippen LogP contribution in [0.3, 0.4) is 0 Å². The number of amidine groups is 1. The predicted octanol–water partition coefficient (Wildman–Crippen LogP) is 5.28. The number of carbonyl (C=O) groups excluding carboxylic acids is 1. The molecule has 3 rings (SSSR count). The van der Waals surface area contributed by atoms with E-state index in [2.05, 4.69) is 36.2 Å². The Morgan fingerprint density at radius 2 is 1.93 bits per heavy atom. The molecule has 4 nitrogen and oxygen atoms in total. The number of carbonyl (C=O) groups is 1. The molecule has 27 heavy (non-hydrogen) atoms. The van der Waals surface area contributed by atoms with Gasteiger partial charge in [0.25, 0.3) is 0 Å². The Hall–Kier alpha value is -2.11. The highest BCUT2D eigenvalue weighted by molar-refractivity contribution is 8.15. The molecule has 2 aromatic rings. The Kier molecular flexibility index (Phi) is 6.69. The van der Waals surface area contributed by atoms with Crippen molar-refractivity contribution in [1.82, 2.24) is 4.90 Å². The Bertz CT molecular complexity index is 864. The third kappa shape index (κ3) is 4.99. The van der Waals surface area contributed by atoms with Gasteiger partial charge in [-0.1, -0.05) is 73.1 Å². The first kappa shape index (κ1) is 19.6. The fourth-order valence-corrected chi connectivity index (χ4v) is 4.17. The maximum absolute atomic E-state index is 12.8. The fourth-order valence-electron chi connectivity index (χ4n) is 2.83. The van der Waals surface area contributed by atoms with E-state index in [9.17, 15) is 4.79 Å². The van der Waals surface area contributed by atoms with Crippen LogP contribution in [0.15, 0.2) is 58.7 Å². The van der Waals surface area contributed by atoms with Crippen LogP contribution in [0, 0.1) is 6.92 Å². The number of rotatable bonds is 6. The van der Waals surface area contributed by atoms with Gasteiger partial charge >= 0.3 is 0 Å². The van der Waals surface area contributed by atoms with Gasteiger partial charge in [0.1, 0.15) is 0 Å². The summed E-state index contributed by atoms with van der Waals surface area (Å²) in [7, 11) is 0. The third-order valence-electron chi connectivity index (χ3n) is 4.38. The van der Waals surface area contributed by atoms with Gasteiger partial charge in [-0.3, -0.25) is 9.69 Å². The van der Waals surface area contributed by atoms with Crippen molar-refractivity contribution in [3.63, 3.8) is 0 Å². The maximum Gasteiger partial charge on any atom is 0.242 e. The summed E-state index contributed by atoms with van der Waals surface area (Å²) in [6.45, 7) is 4.67. The molecule has 2 aromatic carbocycles. The van der Waals surface area contributed by atoms with E-state index in [-0.39, 0.29) is 11.2 Å². The van der Waals surface area contributed by atoms with E-state index in [0.717, 1.165) is 24.0 Å². The third-order valence-corrected chi connectivity index (χ3v) is 5.87. The summed E-state index contributed by atoms with van der Waals surface area (Å²) in [5.74, 6) is 0.116. The number of amides is 1. The second kappa shape index (κ2) is 9.20. The molecular formula is C21H22ClN3OS. The summed E-state index contributed by atoms with van der Waals surface area (Å²) in [6, 6.07) is 15.5. The van der Waals surface area contributed by atoms with Crippen LogP contribution in [-0.2, 0) is 11.3 Å². The maximum atomic E-state index is 12.8. The fraction of sp³-hybridized carbons (Fsp3) is 0.286. The van der Waals surface area contributed by atoms with Crippen LogP contribution in [0.2, 0.25) is 5.02 Å². The summed E-state index contributed by atoms with van der Waals surface area (Å²) in [4.78, 5) is 14.6. The monoisotopic (exact) mass is 399 g/mol. The molecule has 1 saturated heterocycles. The van der Waals surface area contributed by atoms with Gasteiger partial charge in [-0.25, -0.2) is 0 Å². The summed E-state index contributed by atoms with van der Waals surface area (Å²) < 4.78 is 0. The van der Waals surface area contributed by atoms with Crippen LogP contribution in [-0.4, -0.2) is 27.4 Å². The first-order valence-corrected chi connectivity index (χ1v) is 10.2. The van der Waals surface area contributed by atoms with Crippen molar-refractivity contribution in [2.75, 3.05) is 0 Å². The number of hydrogen-bond acceptors (Lipinski definition) is 4. The molecule has 1 aliphatic rings. The second-order valence-corrected chi connectivity index (χ2v) is 8.03. The molecule has 1 atom stereocenters. The van der Waals surface area contributed by atoms with Gasteiger partial charge in [0.2, 0.25) is 5.91 Å². The summed E-state index contributed by atoms with van der Waals surface area (Å²) in [6.07, 6.45) is 3.48. The van der Waals surface area contributed by atoms with E-state index < -0.39 is 0 Å². The van der Waals surface area contributed by atoms with Crippen LogP contribution >= 0.6 is 23.4 Å². The number of hydrogen-bond donors (Lipinski definition) is 0. The lowest BCUT2D eigenvalue weighted by molar-refractivity contribution is -0.126. The number of aryl methyl sites for hydroxylation is 1. The van der Waals surface area contributed by atoms with Gasteiger partial charge < -0.3 is 0 Å². The Morgan fingerprint density at radius 1 is 1.19 bits per heavy atom. The number of halogens is 1. The lowest BCUT2D eigenvalue weighted by Crippen LogP contribution is -2.31. The van der Waals surface area contributed by atoms with Crippen LogP contribution in [0.1, 0.15) is 36.5 Å². The van der Waals surface area contributed by atoms with E-state index in [0.29, 0.717) is 16.7 Å². The number of benzene rings is 2. The summed E-state index contributed by atoms with van der Waals surface area (Å²) >= 11 is 7.41. The van der Waals surface area contributed by atoms with Crippen molar-refractivity contribution in [2.45, 2.75) is 38.5 Å². The average molecular weight is 400 g/mol. The molecule has 0 aromatic heterocycles. The molecule has 0 N–H and O–H groups in total. The van der Waals surface area contributed by atoms with E-state index in [4.69, 9.17) is 11.6 Å². The van der Waals surface area contributed by atoms with Gasteiger partial charge in [0.05, 0.1) is 18.0 Å². The number of thioether (sulfide) groups is 1. The van der Waals surface area contributed by atoms with Crippen molar-refractivity contribution in [2.24, 2.45) is 10.2 Å². The van der Waals surface area contributed by atoms with Crippen LogP contribution in [0.5, 0.6) is 0 Å². The van der Waals surface area contributed by atoms with Gasteiger partial charge in [-0.2, -0.15) is 5.10 Å². The Morgan fingerprint density at radius 3 is 2.63 bits per heavy atom. The first-order valence-electron chi connectivity index (χ1n) is 8.97. The minimum Gasteiger partial charge on any atom is -0.284 e. The highest BCUT2D eigenvalue weighted by Gasteiger charge is 2.37. The van der Waals surface area contributed by atoms with Gasteiger partial charge in [-0.05, 0) is 42.2 Å². The standard InChI is InChI=1S/C21H22ClN3OS/c1-3-6-19-20(26)25(14-17-8-5-4-7-15(17)2)21(27-19)24-23-13-16-9-11-18(22)12-10-16/h4-5,7-13,19H,3,6,14H2,1-2H3/b23-13-,24-21+/t19-/m1/s1. The zero-order valence-corrected chi connectivity index (χ0v) is 17.0. The average Bonchev–Trinajstić information content (AvgIpc) is 2.95. The Labute approximate surface area is 169 Å². The van der Waals surface area contributed by atoms with E-state index >= 15 is 0 Å². The molecule has 0 aliphatic carbocycles. The topological polar surface area (TPSA) is 45.0 Å². The van der Waals surface area contributed by atoms with Crippen LogP contribution < -0.4 is 0 Å². The minimum atomic E-state index is -0.0801. The van der Waals surface area contributed by atoms with Crippen molar-refractivity contribution >= 4 is 40.7 Å². The van der Waals surface area contributed by atoms with Crippen molar-refractivity contribution in [3.8, 4) is 0 Å². The van der Waals surface area contributed by atoms with Crippen molar-refractivity contribution in [1.29, 1.82) is 0 Å². The molecule has 1 heterocycles. The van der Waals surface area contributed by atoms with Gasteiger partial charge in [-0.15, -0.1) is 5.10 Å². The second-order valence-electron chi connectivity index (χ2n) is 6.42. The molecule has 0 bridgehead atoms. The molecule has 1 amide bonds. The lowest BCUT2D eigenvalue weighted by atomic mass is 10.1.